The van der Waals surface area contributed by atoms with Crippen LogP contribution in [0.15, 0.2) is 17.1 Å². The van der Waals surface area contributed by atoms with Gasteiger partial charge in [0.1, 0.15) is 11.2 Å². The lowest BCUT2D eigenvalue weighted by Gasteiger charge is -2.16. The zero-order chi connectivity index (χ0) is 13.0. The number of pyridine rings is 1. The second-order valence-electron chi connectivity index (χ2n) is 4.02. The van der Waals surface area contributed by atoms with Crippen LogP contribution in [-0.2, 0) is 20.3 Å². The van der Waals surface area contributed by atoms with Gasteiger partial charge in [0.05, 0.1) is 5.52 Å². The summed E-state index contributed by atoms with van der Waals surface area (Å²) in [4.78, 5) is 11.9. The number of hydrogen-bond acceptors (Lipinski definition) is 1. The second kappa shape index (κ2) is 3.38. The molecule has 0 aliphatic carbocycles. The fourth-order valence-corrected chi connectivity index (χ4v) is 2.12. The molecule has 0 radical (unpaired) electrons. The van der Waals surface area contributed by atoms with E-state index in [1.807, 2.05) is 0 Å². The van der Waals surface area contributed by atoms with Crippen molar-refractivity contribution >= 4 is 11.0 Å². The monoisotopic (exact) mass is 244 g/mol. The zero-order valence-corrected chi connectivity index (χ0v) is 9.59. The van der Waals surface area contributed by atoms with Crippen molar-refractivity contribution in [2.24, 2.45) is 14.1 Å². The molecule has 0 aromatic carbocycles. The van der Waals surface area contributed by atoms with Gasteiger partial charge in [0.25, 0.3) is 0 Å². The highest BCUT2D eigenvalue weighted by Crippen LogP contribution is 2.32. The van der Waals surface area contributed by atoms with Crippen LogP contribution < -0.4 is 5.43 Å². The van der Waals surface area contributed by atoms with E-state index in [4.69, 9.17) is 0 Å². The Hall–Kier alpha value is -1.72. The summed E-state index contributed by atoms with van der Waals surface area (Å²) in [6.45, 7) is 1.21. The average Bonchev–Trinajstić information content (AvgIpc) is 2.55. The molecule has 0 bridgehead atoms. The topological polar surface area (TPSA) is 26.9 Å². The molecule has 2 aromatic heterocycles. The predicted molar refractivity (Wildman–Crippen MR) is 57.9 cm³/mol. The summed E-state index contributed by atoms with van der Waals surface area (Å²) >= 11 is 0. The first kappa shape index (κ1) is 11.8. The van der Waals surface area contributed by atoms with Gasteiger partial charge in [-0.1, -0.05) is 0 Å². The summed E-state index contributed by atoms with van der Waals surface area (Å²) in [5.41, 5.74) is -1.15. The maximum atomic E-state index is 12.9. The van der Waals surface area contributed by atoms with Crippen molar-refractivity contribution in [2.45, 2.75) is 13.1 Å². The van der Waals surface area contributed by atoms with Crippen LogP contribution >= 0.6 is 0 Å². The summed E-state index contributed by atoms with van der Waals surface area (Å²) in [6.07, 6.45) is -2.95. The first-order valence-corrected chi connectivity index (χ1v) is 4.97. The van der Waals surface area contributed by atoms with Crippen LogP contribution in [0, 0.1) is 6.92 Å². The third-order valence-corrected chi connectivity index (χ3v) is 2.93. The Morgan fingerprint density at radius 3 is 2.35 bits per heavy atom. The molecule has 0 spiro atoms. The zero-order valence-electron chi connectivity index (χ0n) is 9.59. The van der Waals surface area contributed by atoms with Gasteiger partial charge >= 0.3 is 6.18 Å². The van der Waals surface area contributed by atoms with Gasteiger partial charge < -0.3 is 9.13 Å². The van der Waals surface area contributed by atoms with Gasteiger partial charge in [-0.3, -0.25) is 4.79 Å². The minimum atomic E-state index is -4.53. The summed E-state index contributed by atoms with van der Waals surface area (Å²) < 4.78 is 41.1. The number of nitrogens with zero attached hydrogens (tertiary/aromatic N) is 2. The molecule has 2 aromatic rings. The van der Waals surface area contributed by atoms with Crippen LogP contribution in [0.4, 0.5) is 13.2 Å². The number of halogens is 3. The van der Waals surface area contributed by atoms with Crippen molar-refractivity contribution < 1.29 is 13.2 Å². The molecule has 0 saturated heterocycles. The molecule has 2 rings (SSSR count). The molecule has 3 nitrogen and oxygen atoms in total. The Kier molecular flexibility index (Phi) is 2.34. The van der Waals surface area contributed by atoms with Gasteiger partial charge in [-0.15, -0.1) is 0 Å². The van der Waals surface area contributed by atoms with E-state index in [9.17, 15) is 18.0 Å². The van der Waals surface area contributed by atoms with Crippen molar-refractivity contribution in [3.05, 3.63) is 33.7 Å². The van der Waals surface area contributed by atoms with Crippen molar-refractivity contribution in [1.29, 1.82) is 0 Å². The summed E-state index contributed by atoms with van der Waals surface area (Å²) in [7, 11) is 2.95. The molecule has 17 heavy (non-hydrogen) atoms. The Morgan fingerprint density at radius 2 is 1.82 bits per heavy atom. The van der Waals surface area contributed by atoms with Crippen LogP contribution in [0.3, 0.4) is 0 Å². The van der Waals surface area contributed by atoms with Gasteiger partial charge in [-0.25, -0.2) is 0 Å². The summed E-state index contributed by atoms with van der Waals surface area (Å²) in [6, 6.07) is 1.51. The van der Waals surface area contributed by atoms with E-state index in [0.717, 1.165) is 4.57 Å². The van der Waals surface area contributed by atoms with Gasteiger partial charge in [0.15, 0.2) is 0 Å². The number of aryl methyl sites for hydroxylation is 2. The molecule has 2 heterocycles. The molecule has 6 heteroatoms. The normalized spacial score (nSPS) is 12.4. The van der Waals surface area contributed by atoms with Crippen LogP contribution in [-0.4, -0.2) is 9.13 Å². The quantitative estimate of drug-likeness (QED) is 0.698. The summed E-state index contributed by atoms with van der Waals surface area (Å²) in [5, 5.41) is 0. The fraction of sp³-hybridized carbons (Fsp3) is 0.364. The molecule has 0 unspecified atom stereocenters. The third kappa shape index (κ3) is 1.55. The van der Waals surface area contributed by atoms with Crippen LogP contribution in [0.25, 0.3) is 11.0 Å². The largest absolute Gasteiger partial charge is 0.431 e. The highest BCUT2D eigenvalue weighted by molar-refractivity contribution is 5.77. The third-order valence-electron chi connectivity index (χ3n) is 2.93. The predicted octanol–water partition coefficient (Wildman–Crippen LogP) is 2.20. The molecular formula is C11H11F3N2O. The van der Waals surface area contributed by atoms with Crippen molar-refractivity contribution in [2.75, 3.05) is 0 Å². The van der Waals surface area contributed by atoms with E-state index in [-0.39, 0.29) is 16.6 Å². The maximum Gasteiger partial charge on any atom is 0.431 e. The number of alkyl halides is 3. The highest BCUT2D eigenvalue weighted by atomic mass is 19.4. The smallest absolute Gasteiger partial charge is 0.346 e. The molecule has 92 valence electrons. The number of hydrogen-bond donors (Lipinski definition) is 0. The summed E-state index contributed by atoms with van der Waals surface area (Å²) in [5.74, 6) is 0. The molecule has 0 amide bonds. The van der Waals surface area contributed by atoms with E-state index < -0.39 is 17.3 Å². The average molecular weight is 244 g/mol. The van der Waals surface area contributed by atoms with E-state index in [1.165, 1.54) is 24.6 Å². The first-order valence-electron chi connectivity index (χ1n) is 4.97. The van der Waals surface area contributed by atoms with Crippen LogP contribution in [0.2, 0.25) is 0 Å². The van der Waals surface area contributed by atoms with E-state index >= 15 is 0 Å². The lowest BCUT2D eigenvalue weighted by atomic mass is 10.1. The van der Waals surface area contributed by atoms with Crippen LogP contribution in [0.1, 0.15) is 11.3 Å². The minimum absolute atomic E-state index is 0.269. The Balaban J connectivity index is 3.04. The molecule has 0 saturated carbocycles. The molecule has 0 fully saturated rings. The number of aromatic nitrogens is 2. The van der Waals surface area contributed by atoms with Gasteiger partial charge in [0, 0.05) is 25.9 Å². The van der Waals surface area contributed by atoms with Crippen molar-refractivity contribution in [3.63, 3.8) is 0 Å². The highest BCUT2D eigenvalue weighted by Gasteiger charge is 2.37. The van der Waals surface area contributed by atoms with Crippen molar-refractivity contribution in [1.82, 2.24) is 9.13 Å². The van der Waals surface area contributed by atoms with Crippen LogP contribution in [0.5, 0.6) is 0 Å². The van der Waals surface area contributed by atoms with E-state index in [2.05, 4.69) is 0 Å². The van der Waals surface area contributed by atoms with Gasteiger partial charge in [-0.05, 0) is 13.0 Å². The molecule has 0 atom stereocenters. The Labute approximate surface area is 95.1 Å². The number of rotatable bonds is 0. The molecule has 0 N–H and O–H groups in total. The second-order valence-corrected chi connectivity index (χ2v) is 4.02. The lowest BCUT2D eigenvalue weighted by Crippen LogP contribution is -2.24. The van der Waals surface area contributed by atoms with E-state index in [0.29, 0.717) is 0 Å². The number of fused-ring (bicyclic) bond motifs is 1. The SMILES string of the molecule is Cc1c(C(F)(F)F)n(C)c2ccn(C)c2c1=O. The molecular weight excluding hydrogens is 233 g/mol. The first-order chi connectivity index (χ1) is 7.75. The van der Waals surface area contributed by atoms with Crippen molar-refractivity contribution in [3.8, 4) is 0 Å². The Bertz CT molecular complexity index is 649. The Morgan fingerprint density at radius 1 is 1.24 bits per heavy atom. The fourth-order valence-electron chi connectivity index (χ4n) is 2.12. The lowest BCUT2D eigenvalue weighted by molar-refractivity contribution is -0.143. The molecule has 0 aliphatic rings. The standard InChI is InChI=1S/C11H11F3N2O/c1-6-9(17)8-7(4-5-15(8)2)16(3)10(6)11(12,13)14/h4-5H,1-3H3. The van der Waals surface area contributed by atoms with Gasteiger partial charge in [-0.2, -0.15) is 13.2 Å². The maximum absolute atomic E-state index is 12.9. The van der Waals surface area contributed by atoms with Gasteiger partial charge in [0.2, 0.25) is 5.43 Å². The minimum Gasteiger partial charge on any atom is -0.346 e. The molecule has 0 aliphatic heterocycles. The van der Waals surface area contributed by atoms with E-state index in [1.54, 1.807) is 13.2 Å².